The minimum absolute atomic E-state index is 0.357. The second-order valence-corrected chi connectivity index (χ2v) is 5.52. The Morgan fingerprint density at radius 1 is 1.31 bits per heavy atom. The summed E-state index contributed by atoms with van der Waals surface area (Å²) in [5.41, 5.74) is 3.63. The SMILES string of the molecule is Cc1cc2c(n1C1CC(C)C1)CCCC2=O. The summed E-state index contributed by atoms with van der Waals surface area (Å²) in [7, 11) is 0. The third-order valence-corrected chi connectivity index (χ3v) is 4.17. The van der Waals surface area contributed by atoms with Crippen molar-refractivity contribution in [1.29, 1.82) is 0 Å². The van der Waals surface area contributed by atoms with Crippen LogP contribution in [0.5, 0.6) is 0 Å². The zero-order valence-corrected chi connectivity index (χ0v) is 10.1. The summed E-state index contributed by atoms with van der Waals surface area (Å²) < 4.78 is 2.45. The molecule has 0 unspecified atom stereocenters. The lowest BCUT2D eigenvalue weighted by molar-refractivity contribution is 0.0970. The second kappa shape index (κ2) is 3.47. The molecule has 2 nitrogen and oxygen atoms in total. The van der Waals surface area contributed by atoms with Crippen LogP contribution in [-0.4, -0.2) is 10.4 Å². The van der Waals surface area contributed by atoms with Crippen molar-refractivity contribution in [3.05, 3.63) is 23.0 Å². The molecule has 0 aromatic carbocycles. The highest BCUT2D eigenvalue weighted by Gasteiger charge is 2.32. The monoisotopic (exact) mass is 217 g/mol. The van der Waals surface area contributed by atoms with Gasteiger partial charge in [-0.1, -0.05) is 6.92 Å². The summed E-state index contributed by atoms with van der Waals surface area (Å²) >= 11 is 0. The number of aryl methyl sites for hydroxylation is 1. The Morgan fingerprint density at radius 2 is 2.06 bits per heavy atom. The largest absolute Gasteiger partial charge is 0.345 e. The highest BCUT2D eigenvalue weighted by molar-refractivity contribution is 5.98. The van der Waals surface area contributed by atoms with Gasteiger partial charge in [0.2, 0.25) is 0 Å². The molecule has 0 bridgehead atoms. The molecule has 1 aromatic heterocycles. The third kappa shape index (κ3) is 1.35. The summed E-state index contributed by atoms with van der Waals surface area (Å²) in [4.78, 5) is 11.8. The van der Waals surface area contributed by atoms with Gasteiger partial charge in [-0.05, 0) is 44.6 Å². The lowest BCUT2D eigenvalue weighted by atomic mass is 9.81. The molecule has 3 rings (SSSR count). The van der Waals surface area contributed by atoms with E-state index < -0.39 is 0 Å². The van der Waals surface area contributed by atoms with Crippen LogP contribution < -0.4 is 0 Å². The molecule has 0 atom stereocenters. The summed E-state index contributed by atoms with van der Waals surface area (Å²) in [5.74, 6) is 1.22. The van der Waals surface area contributed by atoms with Gasteiger partial charge < -0.3 is 4.57 Å². The van der Waals surface area contributed by atoms with Gasteiger partial charge in [-0.25, -0.2) is 0 Å². The molecular formula is C14H19NO. The van der Waals surface area contributed by atoms with E-state index in [2.05, 4.69) is 24.5 Å². The first-order valence-electron chi connectivity index (χ1n) is 6.40. The van der Waals surface area contributed by atoms with Crippen molar-refractivity contribution in [2.24, 2.45) is 5.92 Å². The third-order valence-electron chi connectivity index (χ3n) is 4.17. The fourth-order valence-electron chi connectivity index (χ4n) is 3.33. The average molecular weight is 217 g/mol. The van der Waals surface area contributed by atoms with E-state index in [9.17, 15) is 4.79 Å². The maximum atomic E-state index is 11.8. The number of nitrogens with zero attached hydrogens (tertiary/aromatic N) is 1. The number of fused-ring (bicyclic) bond motifs is 1. The van der Waals surface area contributed by atoms with Crippen molar-refractivity contribution in [2.75, 3.05) is 0 Å². The zero-order valence-electron chi connectivity index (χ0n) is 10.1. The van der Waals surface area contributed by atoms with Crippen molar-refractivity contribution in [1.82, 2.24) is 4.57 Å². The number of carbonyl (C=O) groups excluding carboxylic acids is 1. The van der Waals surface area contributed by atoms with Crippen LogP contribution in [0.1, 0.15) is 60.4 Å². The Kier molecular flexibility index (Phi) is 2.20. The van der Waals surface area contributed by atoms with Crippen LogP contribution >= 0.6 is 0 Å². The predicted molar refractivity (Wildman–Crippen MR) is 63.9 cm³/mol. The van der Waals surface area contributed by atoms with Crippen LogP contribution in [0.3, 0.4) is 0 Å². The molecule has 86 valence electrons. The number of rotatable bonds is 1. The zero-order chi connectivity index (χ0) is 11.3. The van der Waals surface area contributed by atoms with Gasteiger partial charge in [-0.3, -0.25) is 4.79 Å². The van der Waals surface area contributed by atoms with E-state index in [0.29, 0.717) is 11.8 Å². The van der Waals surface area contributed by atoms with Crippen molar-refractivity contribution >= 4 is 5.78 Å². The molecule has 0 radical (unpaired) electrons. The van der Waals surface area contributed by atoms with Gasteiger partial charge in [0.05, 0.1) is 0 Å². The van der Waals surface area contributed by atoms with E-state index in [-0.39, 0.29) is 0 Å². The van der Waals surface area contributed by atoms with Crippen LogP contribution in [0.4, 0.5) is 0 Å². The number of ketones is 1. The molecule has 0 saturated heterocycles. The fraction of sp³-hybridized carbons (Fsp3) is 0.643. The Labute approximate surface area is 96.6 Å². The van der Waals surface area contributed by atoms with Crippen LogP contribution in [-0.2, 0) is 6.42 Å². The first-order valence-corrected chi connectivity index (χ1v) is 6.40. The van der Waals surface area contributed by atoms with E-state index in [1.54, 1.807) is 0 Å². The number of Topliss-reactive ketones (excluding diaryl/α,β-unsaturated/α-hetero) is 1. The Hall–Kier alpha value is -1.05. The van der Waals surface area contributed by atoms with E-state index >= 15 is 0 Å². The van der Waals surface area contributed by atoms with Crippen molar-refractivity contribution in [3.63, 3.8) is 0 Å². The molecule has 2 aliphatic rings. The lowest BCUT2D eigenvalue weighted by Crippen LogP contribution is -2.27. The second-order valence-electron chi connectivity index (χ2n) is 5.52. The Bertz CT molecular complexity index is 438. The maximum Gasteiger partial charge on any atom is 0.164 e. The molecule has 2 heteroatoms. The average Bonchev–Trinajstić information content (AvgIpc) is 2.52. The highest BCUT2D eigenvalue weighted by atomic mass is 16.1. The van der Waals surface area contributed by atoms with Crippen molar-refractivity contribution in [3.8, 4) is 0 Å². The molecule has 1 saturated carbocycles. The topological polar surface area (TPSA) is 22.0 Å². The summed E-state index contributed by atoms with van der Waals surface area (Å²) in [6.07, 6.45) is 5.46. The van der Waals surface area contributed by atoms with E-state index in [4.69, 9.17) is 0 Å². The first-order chi connectivity index (χ1) is 7.66. The summed E-state index contributed by atoms with van der Waals surface area (Å²) in [5, 5.41) is 0. The van der Waals surface area contributed by atoms with Gasteiger partial charge in [0, 0.05) is 29.4 Å². The maximum absolute atomic E-state index is 11.8. The quantitative estimate of drug-likeness (QED) is 0.707. The van der Waals surface area contributed by atoms with Crippen molar-refractivity contribution < 1.29 is 4.79 Å². The van der Waals surface area contributed by atoms with E-state index in [1.807, 2.05) is 0 Å². The molecule has 1 aromatic rings. The number of carbonyl (C=O) groups is 1. The molecule has 2 aliphatic carbocycles. The minimum Gasteiger partial charge on any atom is -0.345 e. The van der Waals surface area contributed by atoms with E-state index in [1.165, 1.54) is 24.2 Å². The van der Waals surface area contributed by atoms with Crippen LogP contribution in [0, 0.1) is 12.8 Å². The van der Waals surface area contributed by atoms with Gasteiger partial charge in [-0.15, -0.1) is 0 Å². The molecule has 0 aliphatic heterocycles. The van der Waals surface area contributed by atoms with Crippen molar-refractivity contribution in [2.45, 2.75) is 52.0 Å². The summed E-state index contributed by atoms with van der Waals surface area (Å²) in [6, 6.07) is 2.78. The molecule has 0 N–H and O–H groups in total. The van der Waals surface area contributed by atoms with Gasteiger partial charge in [0.1, 0.15) is 0 Å². The van der Waals surface area contributed by atoms with Crippen LogP contribution in [0.15, 0.2) is 6.07 Å². The Balaban J connectivity index is 2.01. The summed E-state index contributed by atoms with van der Waals surface area (Å²) in [6.45, 7) is 4.46. The molecular weight excluding hydrogens is 198 g/mol. The Morgan fingerprint density at radius 3 is 2.75 bits per heavy atom. The standard InChI is InChI=1S/C14H19NO/c1-9-6-11(7-9)15-10(2)8-12-13(15)4-3-5-14(12)16/h8-9,11H,3-7H2,1-2H3. The van der Waals surface area contributed by atoms with Gasteiger partial charge in [0.15, 0.2) is 5.78 Å². The van der Waals surface area contributed by atoms with Crippen LogP contribution in [0.2, 0.25) is 0 Å². The molecule has 16 heavy (non-hydrogen) atoms. The molecule has 1 heterocycles. The smallest absolute Gasteiger partial charge is 0.164 e. The normalized spacial score (nSPS) is 28.8. The molecule has 1 fully saturated rings. The number of aromatic nitrogens is 1. The van der Waals surface area contributed by atoms with Gasteiger partial charge >= 0.3 is 0 Å². The number of hydrogen-bond acceptors (Lipinski definition) is 1. The minimum atomic E-state index is 0.357. The van der Waals surface area contributed by atoms with E-state index in [0.717, 1.165) is 30.7 Å². The van der Waals surface area contributed by atoms with Crippen LogP contribution in [0.25, 0.3) is 0 Å². The highest BCUT2D eigenvalue weighted by Crippen LogP contribution is 2.41. The number of hydrogen-bond donors (Lipinski definition) is 0. The molecule has 0 spiro atoms. The lowest BCUT2D eigenvalue weighted by Gasteiger charge is -2.36. The fourth-order valence-corrected chi connectivity index (χ4v) is 3.33. The van der Waals surface area contributed by atoms with Gasteiger partial charge in [-0.2, -0.15) is 0 Å². The predicted octanol–water partition coefficient (Wildman–Crippen LogP) is 3.29. The first kappa shape index (κ1) is 10.1. The van der Waals surface area contributed by atoms with Gasteiger partial charge in [0.25, 0.3) is 0 Å². The molecule has 0 amide bonds.